The number of nitrogens with two attached hydrogens (primary N) is 2. The topological polar surface area (TPSA) is 89.3 Å². The van der Waals surface area contributed by atoms with Crippen LogP contribution in [-0.2, 0) is 4.79 Å². The van der Waals surface area contributed by atoms with Crippen molar-refractivity contribution in [1.29, 1.82) is 0 Å². The van der Waals surface area contributed by atoms with Crippen LogP contribution in [0.15, 0.2) is 0 Å². The molecule has 5 N–H and O–H groups in total. The van der Waals surface area contributed by atoms with Crippen LogP contribution in [0.25, 0.3) is 0 Å². The SMILES string of the molecule is CC(C)(CN)CC[C@H](N)C(=O)O. The normalized spacial score (nSPS) is 14.3. The Hall–Kier alpha value is -0.610. The fourth-order valence-corrected chi connectivity index (χ4v) is 0.772. The number of carbonyl (C=O) groups is 1. The molecule has 0 aliphatic carbocycles. The zero-order valence-electron chi connectivity index (χ0n) is 7.71. The second-order valence-corrected chi connectivity index (χ2v) is 3.85. The predicted molar refractivity (Wildman–Crippen MR) is 47.7 cm³/mol. The molecule has 4 nitrogen and oxygen atoms in total. The first-order valence-electron chi connectivity index (χ1n) is 4.07. The summed E-state index contributed by atoms with van der Waals surface area (Å²) in [5.74, 6) is -0.942. The van der Waals surface area contributed by atoms with Gasteiger partial charge in [0.2, 0.25) is 0 Å². The van der Waals surface area contributed by atoms with Crippen molar-refractivity contribution in [2.24, 2.45) is 16.9 Å². The second-order valence-electron chi connectivity index (χ2n) is 3.85. The van der Waals surface area contributed by atoms with Crippen LogP contribution in [0.4, 0.5) is 0 Å². The minimum Gasteiger partial charge on any atom is -0.480 e. The number of rotatable bonds is 5. The van der Waals surface area contributed by atoms with Gasteiger partial charge in [-0.2, -0.15) is 0 Å². The van der Waals surface area contributed by atoms with Crippen LogP contribution in [0.3, 0.4) is 0 Å². The van der Waals surface area contributed by atoms with Crippen LogP contribution in [-0.4, -0.2) is 23.7 Å². The molecule has 4 heteroatoms. The van der Waals surface area contributed by atoms with Gasteiger partial charge >= 0.3 is 5.97 Å². The highest BCUT2D eigenvalue weighted by Crippen LogP contribution is 2.20. The van der Waals surface area contributed by atoms with Gasteiger partial charge < -0.3 is 16.6 Å². The van der Waals surface area contributed by atoms with Gasteiger partial charge in [-0.1, -0.05) is 13.8 Å². The van der Waals surface area contributed by atoms with Crippen molar-refractivity contribution < 1.29 is 9.90 Å². The molecule has 0 aromatic carbocycles. The highest BCUT2D eigenvalue weighted by molar-refractivity contribution is 5.72. The summed E-state index contributed by atoms with van der Waals surface area (Å²) < 4.78 is 0. The number of hydrogen-bond donors (Lipinski definition) is 3. The molecule has 0 saturated heterocycles. The van der Waals surface area contributed by atoms with Gasteiger partial charge in [-0.3, -0.25) is 4.79 Å². The van der Waals surface area contributed by atoms with Gasteiger partial charge in [0.1, 0.15) is 6.04 Å². The third-order valence-corrected chi connectivity index (χ3v) is 2.00. The number of carboxylic acids is 1. The predicted octanol–water partition coefficient (Wildman–Crippen LogP) is 0.163. The molecule has 72 valence electrons. The van der Waals surface area contributed by atoms with Crippen LogP contribution in [0.5, 0.6) is 0 Å². The van der Waals surface area contributed by atoms with E-state index in [0.29, 0.717) is 13.0 Å². The summed E-state index contributed by atoms with van der Waals surface area (Å²) in [6.45, 7) is 4.56. The van der Waals surface area contributed by atoms with E-state index in [2.05, 4.69) is 0 Å². The molecule has 0 spiro atoms. The lowest BCUT2D eigenvalue weighted by Crippen LogP contribution is -2.33. The summed E-state index contributed by atoms with van der Waals surface area (Å²) >= 11 is 0. The number of aliphatic carboxylic acids is 1. The second kappa shape index (κ2) is 4.42. The lowest BCUT2D eigenvalue weighted by molar-refractivity contribution is -0.138. The fourth-order valence-electron chi connectivity index (χ4n) is 0.772. The van der Waals surface area contributed by atoms with Crippen molar-refractivity contribution in [3.63, 3.8) is 0 Å². The molecule has 0 bridgehead atoms. The lowest BCUT2D eigenvalue weighted by Gasteiger charge is -2.22. The standard InChI is InChI=1S/C8H18N2O2/c1-8(2,5-9)4-3-6(10)7(11)12/h6H,3-5,9-10H2,1-2H3,(H,11,12)/t6-/m0/s1. The molecule has 0 fully saturated rings. The molecular formula is C8H18N2O2. The van der Waals surface area contributed by atoms with Crippen molar-refractivity contribution in [3.8, 4) is 0 Å². The van der Waals surface area contributed by atoms with Crippen molar-refractivity contribution >= 4 is 5.97 Å². The Labute approximate surface area is 72.9 Å². The van der Waals surface area contributed by atoms with E-state index in [0.717, 1.165) is 6.42 Å². The molecule has 12 heavy (non-hydrogen) atoms. The Kier molecular flexibility index (Phi) is 4.20. The summed E-state index contributed by atoms with van der Waals surface area (Å²) in [5.41, 5.74) is 10.8. The van der Waals surface area contributed by atoms with Crippen molar-refractivity contribution in [2.75, 3.05) is 6.54 Å². The van der Waals surface area contributed by atoms with Gasteiger partial charge in [0.05, 0.1) is 0 Å². The van der Waals surface area contributed by atoms with Gasteiger partial charge in [-0.05, 0) is 24.8 Å². The summed E-state index contributed by atoms with van der Waals surface area (Å²) in [4.78, 5) is 10.3. The first-order valence-corrected chi connectivity index (χ1v) is 4.07. The Bertz CT molecular complexity index is 157. The molecule has 1 atom stereocenters. The summed E-state index contributed by atoms with van der Waals surface area (Å²) in [6, 6.07) is -0.754. The number of carboxylic acid groups (broad SMARTS) is 1. The highest BCUT2D eigenvalue weighted by Gasteiger charge is 2.19. The highest BCUT2D eigenvalue weighted by atomic mass is 16.4. The van der Waals surface area contributed by atoms with Gasteiger partial charge in [-0.25, -0.2) is 0 Å². The van der Waals surface area contributed by atoms with E-state index in [1.54, 1.807) is 0 Å². The molecule has 0 heterocycles. The van der Waals surface area contributed by atoms with E-state index < -0.39 is 12.0 Å². The summed E-state index contributed by atoms with van der Waals surface area (Å²) in [7, 11) is 0. The van der Waals surface area contributed by atoms with Gasteiger partial charge in [0.25, 0.3) is 0 Å². The van der Waals surface area contributed by atoms with E-state index in [-0.39, 0.29) is 5.41 Å². The van der Waals surface area contributed by atoms with Crippen LogP contribution in [0, 0.1) is 5.41 Å². The van der Waals surface area contributed by atoms with Gasteiger partial charge in [0.15, 0.2) is 0 Å². The van der Waals surface area contributed by atoms with E-state index in [1.807, 2.05) is 13.8 Å². The monoisotopic (exact) mass is 174 g/mol. The molecule has 0 aromatic heterocycles. The van der Waals surface area contributed by atoms with Gasteiger partial charge in [0, 0.05) is 0 Å². The maximum Gasteiger partial charge on any atom is 0.320 e. The molecule has 0 amide bonds. The number of hydrogen-bond acceptors (Lipinski definition) is 3. The Morgan fingerprint density at radius 1 is 1.58 bits per heavy atom. The zero-order valence-corrected chi connectivity index (χ0v) is 7.71. The average Bonchev–Trinajstić information content (AvgIpc) is 2.00. The smallest absolute Gasteiger partial charge is 0.320 e. The fraction of sp³-hybridized carbons (Fsp3) is 0.875. The molecular weight excluding hydrogens is 156 g/mol. The average molecular weight is 174 g/mol. The first kappa shape index (κ1) is 11.4. The summed E-state index contributed by atoms with van der Waals surface area (Å²) in [6.07, 6.45) is 1.23. The van der Waals surface area contributed by atoms with Gasteiger partial charge in [-0.15, -0.1) is 0 Å². The molecule has 0 aromatic rings. The Balaban J connectivity index is 3.75. The minimum absolute atomic E-state index is 0.00688. The third-order valence-electron chi connectivity index (χ3n) is 2.00. The van der Waals surface area contributed by atoms with Crippen LogP contribution in [0.1, 0.15) is 26.7 Å². The Morgan fingerprint density at radius 2 is 2.08 bits per heavy atom. The zero-order chi connectivity index (χ0) is 9.78. The van der Waals surface area contributed by atoms with E-state index in [9.17, 15) is 4.79 Å². The van der Waals surface area contributed by atoms with Crippen LogP contribution in [0.2, 0.25) is 0 Å². The molecule has 0 aliphatic rings. The van der Waals surface area contributed by atoms with Crippen LogP contribution < -0.4 is 11.5 Å². The van der Waals surface area contributed by atoms with Crippen molar-refractivity contribution in [3.05, 3.63) is 0 Å². The van der Waals surface area contributed by atoms with Crippen molar-refractivity contribution in [2.45, 2.75) is 32.7 Å². The molecule has 0 aliphatic heterocycles. The maximum absolute atomic E-state index is 10.3. The quantitative estimate of drug-likeness (QED) is 0.554. The Morgan fingerprint density at radius 3 is 2.42 bits per heavy atom. The largest absolute Gasteiger partial charge is 0.480 e. The third kappa shape index (κ3) is 4.31. The molecule has 0 unspecified atom stereocenters. The minimum atomic E-state index is -0.942. The van der Waals surface area contributed by atoms with E-state index in [4.69, 9.17) is 16.6 Å². The maximum atomic E-state index is 10.3. The van der Waals surface area contributed by atoms with E-state index >= 15 is 0 Å². The first-order chi connectivity index (χ1) is 5.39. The molecule has 0 rings (SSSR count). The summed E-state index contributed by atoms with van der Waals surface area (Å²) in [5, 5.41) is 8.50. The van der Waals surface area contributed by atoms with E-state index in [1.165, 1.54) is 0 Å². The lowest BCUT2D eigenvalue weighted by atomic mass is 9.86. The van der Waals surface area contributed by atoms with Crippen LogP contribution >= 0.6 is 0 Å². The molecule has 0 radical (unpaired) electrons. The van der Waals surface area contributed by atoms with Crippen molar-refractivity contribution in [1.82, 2.24) is 0 Å². The molecule has 0 saturated carbocycles.